The van der Waals surface area contributed by atoms with E-state index in [1.54, 1.807) is 0 Å². The molecule has 1 aliphatic rings. The normalized spacial score (nSPS) is 26.7. The van der Waals surface area contributed by atoms with Crippen LogP contribution < -0.4 is 10.6 Å². The summed E-state index contributed by atoms with van der Waals surface area (Å²) in [5, 5.41) is 6.09. The molecule has 1 fully saturated rings. The predicted molar refractivity (Wildman–Crippen MR) is 64.4 cm³/mol. The van der Waals surface area contributed by atoms with Crippen LogP contribution in [0.25, 0.3) is 0 Å². The van der Waals surface area contributed by atoms with Gasteiger partial charge < -0.3 is 15.4 Å². The number of hydrogen-bond acceptors (Lipinski definition) is 3. The van der Waals surface area contributed by atoms with Crippen molar-refractivity contribution < 1.29 is 9.53 Å². The van der Waals surface area contributed by atoms with Crippen LogP contribution in [0.2, 0.25) is 0 Å². The molecule has 1 saturated heterocycles. The summed E-state index contributed by atoms with van der Waals surface area (Å²) < 4.78 is 5.60. The topological polar surface area (TPSA) is 50.4 Å². The molecule has 4 heteroatoms. The number of amides is 1. The van der Waals surface area contributed by atoms with Crippen molar-refractivity contribution in [3.63, 3.8) is 0 Å². The highest BCUT2D eigenvalue weighted by atomic mass is 16.5. The fraction of sp³-hybridized carbons (Fsp3) is 0.917. The van der Waals surface area contributed by atoms with E-state index in [0.29, 0.717) is 19.1 Å². The van der Waals surface area contributed by atoms with Crippen molar-refractivity contribution >= 4 is 5.91 Å². The van der Waals surface area contributed by atoms with Gasteiger partial charge in [-0.15, -0.1) is 0 Å². The fourth-order valence-electron chi connectivity index (χ4n) is 1.74. The maximum absolute atomic E-state index is 11.5. The number of nitrogens with one attached hydrogen (secondary N) is 2. The molecule has 2 atom stereocenters. The summed E-state index contributed by atoms with van der Waals surface area (Å²) in [5.41, 5.74) is -0.147. The lowest BCUT2D eigenvalue weighted by molar-refractivity contribution is -0.121. The van der Waals surface area contributed by atoms with Crippen LogP contribution in [-0.2, 0) is 9.53 Å². The lowest BCUT2D eigenvalue weighted by Gasteiger charge is -2.23. The first kappa shape index (κ1) is 13.5. The molecule has 2 N–H and O–H groups in total. The van der Waals surface area contributed by atoms with Gasteiger partial charge in [-0.1, -0.05) is 6.92 Å². The van der Waals surface area contributed by atoms with Gasteiger partial charge in [0.15, 0.2) is 0 Å². The van der Waals surface area contributed by atoms with Crippen molar-refractivity contribution in [2.45, 2.75) is 51.7 Å². The van der Waals surface area contributed by atoms with Gasteiger partial charge in [-0.05, 0) is 33.1 Å². The van der Waals surface area contributed by atoms with E-state index in [1.807, 2.05) is 0 Å². The average Bonchev–Trinajstić information content (AvgIpc) is 2.71. The smallest absolute Gasteiger partial charge is 0.234 e. The first-order valence-electron chi connectivity index (χ1n) is 6.20. The predicted octanol–water partition coefficient (Wildman–Crippen LogP) is 1.06. The zero-order chi connectivity index (χ0) is 12.0. The molecule has 0 aromatic carbocycles. The maximum atomic E-state index is 11.5. The van der Waals surface area contributed by atoms with Gasteiger partial charge in [-0.2, -0.15) is 0 Å². The van der Waals surface area contributed by atoms with Crippen LogP contribution in [0.4, 0.5) is 0 Å². The fourth-order valence-corrected chi connectivity index (χ4v) is 1.74. The SMILES string of the molecule is CCC(C)NCC(=O)NCC1(C)CCCO1. The van der Waals surface area contributed by atoms with E-state index in [9.17, 15) is 4.79 Å². The van der Waals surface area contributed by atoms with Gasteiger partial charge in [0.1, 0.15) is 0 Å². The Labute approximate surface area is 98.1 Å². The molecule has 16 heavy (non-hydrogen) atoms. The Morgan fingerprint density at radius 3 is 2.88 bits per heavy atom. The molecule has 0 spiro atoms. The molecular formula is C12H24N2O2. The first-order valence-corrected chi connectivity index (χ1v) is 6.20. The van der Waals surface area contributed by atoms with Gasteiger partial charge in [-0.25, -0.2) is 0 Å². The van der Waals surface area contributed by atoms with Crippen LogP contribution in [0.3, 0.4) is 0 Å². The molecule has 1 heterocycles. The Kier molecular flexibility index (Phi) is 5.22. The highest BCUT2D eigenvalue weighted by molar-refractivity contribution is 5.78. The van der Waals surface area contributed by atoms with E-state index in [-0.39, 0.29) is 11.5 Å². The third kappa shape index (κ3) is 4.49. The van der Waals surface area contributed by atoms with Crippen molar-refractivity contribution in [3.05, 3.63) is 0 Å². The van der Waals surface area contributed by atoms with Crippen LogP contribution in [-0.4, -0.2) is 37.2 Å². The Morgan fingerprint density at radius 1 is 1.56 bits per heavy atom. The van der Waals surface area contributed by atoms with Crippen LogP contribution in [0.1, 0.15) is 40.0 Å². The monoisotopic (exact) mass is 228 g/mol. The summed E-state index contributed by atoms with van der Waals surface area (Å²) in [6, 6.07) is 0.393. The lowest BCUT2D eigenvalue weighted by atomic mass is 10.0. The second kappa shape index (κ2) is 6.21. The summed E-state index contributed by atoms with van der Waals surface area (Å²) in [6.45, 7) is 8.07. The van der Waals surface area contributed by atoms with Crippen molar-refractivity contribution in [2.75, 3.05) is 19.7 Å². The molecule has 1 rings (SSSR count). The zero-order valence-electron chi connectivity index (χ0n) is 10.6. The van der Waals surface area contributed by atoms with Gasteiger partial charge in [0.05, 0.1) is 12.1 Å². The van der Waals surface area contributed by atoms with Gasteiger partial charge in [-0.3, -0.25) is 4.79 Å². The van der Waals surface area contributed by atoms with Gasteiger partial charge >= 0.3 is 0 Å². The molecule has 0 bridgehead atoms. The third-order valence-corrected chi connectivity index (χ3v) is 3.18. The number of ether oxygens (including phenoxy) is 1. The van der Waals surface area contributed by atoms with Crippen LogP contribution in [0, 0.1) is 0 Å². The van der Waals surface area contributed by atoms with E-state index >= 15 is 0 Å². The molecule has 0 aliphatic carbocycles. The average molecular weight is 228 g/mol. The van der Waals surface area contributed by atoms with Gasteiger partial charge in [0.25, 0.3) is 0 Å². The van der Waals surface area contributed by atoms with E-state index in [1.165, 1.54) is 0 Å². The van der Waals surface area contributed by atoms with Crippen molar-refractivity contribution in [1.82, 2.24) is 10.6 Å². The molecule has 1 amide bonds. The molecular weight excluding hydrogens is 204 g/mol. The van der Waals surface area contributed by atoms with Crippen molar-refractivity contribution in [2.24, 2.45) is 0 Å². The quantitative estimate of drug-likeness (QED) is 0.714. The largest absolute Gasteiger partial charge is 0.373 e. The summed E-state index contributed by atoms with van der Waals surface area (Å²) in [7, 11) is 0. The Morgan fingerprint density at radius 2 is 2.31 bits per heavy atom. The van der Waals surface area contributed by atoms with Crippen LogP contribution in [0.15, 0.2) is 0 Å². The molecule has 0 aromatic heterocycles. The van der Waals surface area contributed by atoms with Crippen molar-refractivity contribution in [3.8, 4) is 0 Å². The van der Waals surface area contributed by atoms with Crippen molar-refractivity contribution in [1.29, 1.82) is 0 Å². The second-order valence-electron chi connectivity index (χ2n) is 4.87. The molecule has 0 saturated carbocycles. The van der Waals surface area contributed by atoms with E-state index in [4.69, 9.17) is 4.74 Å². The number of carbonyl (C=O) groups is 1. The molecule has 2 unspecified atom stereocenters. The molecule has 0 radical (unpaired) electrons. The van der Waals surface area contributed by atoms with Crippen LogP contribution >= 0.6 is 0 Å². The van der Waals surface area contributed by atoms with Crippen LogP contribution in [0.5, 0.6) is 0 Å². The highest BCUT2D eigenvalue weighted by Gasteiger charge is 2.29. The minimum absolute atomic E-state index is 0.0528. The number of hydrogen-bond donors (Lipinski definition) is 2. The zero-order valence-corrected chi connectivity index (χ0v) is 10.6. The summed E-state index contributed by atoms with van der Waals surface area (Å²) >= 11 is 0. The summed E-state index contributed by atoms with van der Waals surface area (Å²) in [4.78, 5) is 11.5. The third-order valence-electron chi connectivity index (χ3n) is 3.18. The molecule has 1 aliphatic heterocycles. The Bertz CT molecular complexity index is 225. The van der Waals surface area contributed by atoms with Gasteiger partial charge in [0, 0.05) is 19.2 Å². The van der Waals surface area contributed by atoms with E-state index in [2.05, 4.69) is 31.4 Å². The minimum atomic E-state index is -0.147. The lowest BCUT2D eigenvalue weighted by Crippen LogP contribution is -2.44. The highest BCUT2D eigenvalue weighted by Crippen LogP contribution is 2.23. The first-order chi connectivity index (χ1) is 7.56. The second-order valence-corrected chi connectivity index (χ2v) is 4.87. The minimum Gasteiger partial charge on any atom is -0.373 e. The summed E-state index contributed by atoms with van der Waals surface area (Å²) in [5.74, 6) is 0.0528. The number of rotatable bonds is 6. The maximum Gasteiger partial charge on any atom is 0.234 e. The Balaban J connectivity index is 2.14. The molecule has 0 aromatic rings. The van der Waals surface area contributed by atoms with E-state index < -0.39 is 0 Å². The summed E-state index contributed by atoms with van der Waals surface area (Å²) in [6.07, 6.45) is 3.16. The number of carbonyl (C=O) groups excluding carboxylic acids is 1. The molecule has 4 nitrogen and oxygen atoms in total. The molecule has 94 valence electrons. The Hall–Kier alpha value is -0.610. The van der Waals surface area contributed by atoms with E-state index in [0.717, 1.165) is 25.9 Å². The van der Waals surface area contributed by atoms with Gasteiger partial charge in [0.2, 0.25) is 5.91 Å². The standard InChI is InChI=1S/C12H24N2O2/c1-4-10(2)13-8-11(15)14-9-12(3)6-5-7-16-12/h10,13H,4-9H2,1-3H3,(H,14,15).